The molecule has 0 saturated heterocycles. The Morgan fingerprint density at radius 2 is 2.00 bits per heavy atom. The van der Waals surface area contributed by atoms with Gasteiger partial charge in [0, 0.05) is 11.6 Å². The third-order valence-corrected chi connectivity index (χ3v) is 2.39. The van der Waals surface area contributed by atoms with Gasteiger partial charge in [0.25, 0.3) is 5.91 Å². The highest BCUT2D eigenvalue weighted by molar-refractivity contribution is 5.78. The van der Waals surface area contributed by atoms with E-state index in [2.05, 4.69) is 5.32 Å². The Hall–Kier alpha value is -1.55. The van der Waals surface area contributed by atoms with Gasteiger partial charge in [0.05, 0.1) is 0 Å². The SMILES string of the molecule is CC(N)Cc1ccccc1OCC(=O)NC(C)(C)C. The van der Waals surface area contributed by atoms with Crippen molar-refractivity contribution in [2.75, 3.05) is 6.61 Å². The number of amides is 1. The minimum atomic E-state index is -0.244. The predicted octanol–water partition coefficient (Wildman–Crippen LogP) is 1.87. The lowest BCUT2D eigenvalue weighted by Gasteiger charge is -2.21. The first-order valence-electron chi connectivity index (χ1n) is 6.55. The van der Waals surface area contributed by atoms with Crippen molar-refractivity contribution in [1.82, 2.24) is 5.32 Å². The fourth-order valence-electron chi connectivity index (χ4n) is 1.76. The van der Waals surface area contributed by atoms with Gasteiger partial charge >= 0.3 is 0 Å². The summed E-state index contributed by atoms with van der Waals surface area (Å²) in [5.74, 6) is 0.604. The Morgan fingerprint density at radius 1 is 1.37 bits per heavy atom. The second-order valence-electron chi connectivity index (χ2n) is 5.88. The summed E-state index contributed by atoms with van der Waals surface area (Å²) >= 11 is 0. The van der Waals surface area contributed by atoms with Crippen LogP contribution in [0.4, 0.5) is 0 Å². The van der Waals surface area contributed by atoms with E-state index < -0.39 is 0 Å². The zero-order valence-corrected chi connectivity index (χ0v) is 12.2. The molecule has 106 valence electrons. The summed E-state index contributed by atoms with van der Waals surface area (Å²) < 4.78 is 5.58. The number of benzene rings is 1. The fourth-order valence-corrected chi connectivity index (χ4v) is 1.76. The highest BCUT2D eigenvalue weighted by atomic mass is 16.5. The Kier molecular flexibility index (Phi) is 5.36. The van der Waals surface area contributed by atoms with Crippen LogP contribution >= 0.6 is 0 Å². The molecular formula is C15H24N2O2. The van der Waals surface area contributed by atoms with Gasteiger partial charge in [-0.25, -0.2) is 0 Å². The van der Waals surface area contributed by atoms with E-state index in [-0.39, 0.29) is 24.1 Å². The van der Waals surface area contributed by atoms with Crippen LogP contribution in [0, 0.1) is 0 Å². The highest BCUT2D eigenvalue weighted by Crippen LogP contribution is 2.19. The van der Waals surface area contributed by atoms with E-state index in [4.69, 9.17) is 10.5 Å². The summed E-state index contributed by atoms with van der Waals surface area (Å²) in [6.45, 7) is 7.79. The molecule has 0 heterocycles. The molecule has 1 aromatic rings. The van der Waals surface area contributed by atoms with Gasteiger partial charge in [-0.05, 0) is 45.7 Å². The third kappa shape index (κ3) is 6.25. The number of carbonyl (C=O) groups excluding carboxylic acids is 1. The van der Waals surface area contributed by atoms with Crippen LogP contribution in [0.1, 0.15) is 33.3 Å². The van der Waals surface area contributed by atoms with E-state index in [0.29, 0.717) is 0 Å². The lowest BCUT2D eigenvalue weighted by molar-refractivity contribution is -0.124. The average Bonchev–Trinajstić information content (AvgIpc) is 2.24. The van der Waals surface area contributed by atoms with Gasteiger partial charge in [-0.2, -0.15) is 0 Å². The van der Waals surface area contributed by atoms with E-state index in [1.165, 1.54) is 0 Å². The van der Waals surface area contributed by atoms with Crippen LogP contribution < -0.4 is 15.8 Å². The van der Waals surface area contributed by atoms with Crippen LogP contribution in [0.25, 0.3) is 0 Å². The van der Waals surface area contributed by atoms with Crippen molar-refractivity contribution in [2.45, 2.75) is 45.7 Å². The van der Waals surface area contributed by atoms with Crippen molar-refractivity contribution in [1.29, 1.82) is 0 Å². The lowest BCUT2D eigenvalue weighted by atomic mass is 10.1. The van der Waals surface area contributed by atoms with Crippen molar-refractivity contribution in [3.05, 3.63) is 29.8 Å². The summed E-state index contributed by atoms with van der Waals surface area (Å²) in [6.07, 6.45) is 0.733. The molecule has 0 bridgehead atoms. The summed E-state index contributed by atoms with van der Waals surface area (Å²) in [5, 5.41) is 2.86. The molecule has 4 nitrogen and oxygen atoms in total. The summed E-state index contributed by atoms with van der Waals surface area (Å²) in [4.78, 5) is 11.7. The maximum absolute atomic E-state index is 11.7. The van der Waals surface area contributed by atoms with Gasteiger partial charge in [0.1, 0.15) is 5.75 Å². The highest BCUT2D eigenvalue weighted by Gasteiger charge is 2.14. The van der Waals surface area contributed by atoms with Crippen molar-refractivity contribution in [2.24, 2.45) is 5.73 Å². The van der Waals surface area contributed by atoms with E-state index in [9.17, 15) is 4.79 Å². The van der Waals surface area contributed by atoms with Gasteiger partial charge in [-0.3, -0.25) is 4.79 Å². The topological polar surface area (TPSA) is 64.3 Å². The predicted molar refractivity (Wildman–Crippen MR) is 77.2 cm³/mol. The van der Waals surface area contributed by atoms with Crippen molar-refractivity contribution in [3.8, 4) is 5.75 Å². The maximum atomic E-state index is 11.7. The van der Waals surface area contributed by atoms with Crippen LogP contribution in [0.2, 0.25) is 0 Å². The number of hydrogen-bond donors (Lipinski definition) is 2. The quantitative estimate of drug-likeness (QED) is 0.853. The summed E-state index contributed by atoms with van der Waals surface area (Å²) in [6, 6.07) is 7.73. The molecule has 1 rings (SSSR count). The smallest absolute Gasteiger partial charge is 0.258 e. The minimum Gasteiger partial charge on any atom is -0.483 e. The number of rotatable bonds is 5. The molecule has 4 heteroatoms. The minimum absolute atomic E-state index is 0.0211. The number of hydrogen-bond acceptors (Lipinski definition) is 3. The molecule has 0 aliphatic rings. The van der Waals surface area contributed by atoms with E-state index in [1.807, 2.05) is 52.0 Å². The summed E-state index contributed by atoms with van der Waals surface area (Å²) in [5.41, 5.74) is 6.58. The first kappa shape index (κ1) is 15.5. The first-order valence-corrected chi connectivity index (χ1v) is 6.55. The van der Waals surface area contributed by atoms with Gasteiger partial charge < -0.3 is 15.8 Å². The van der Waals surface area contributed by atoms with Crippen molar-refractivity contribution < 1.29 is 9.53 Å². The number of ether oxygens (including phenoxy) is 1. The zero-order chi connectivity index (χ0) is 14.5. The van der Waals surface area contributed by atoms with Crippen LogP contribution in [0.3, 0.4) is 0 Å². The summed E-state index contributed by atoms with van der Waals surface area (Å²) in [7, 11) is 0. The third-order valence-electron chi connectivity index (χ3n) is 2.39. The molecule has 1 unspecified atom stereocenters. The molecule has 1 aromatic carbocycles. The second kappa shape index (κ2) is 6.57. The largest absolute Gasteiger partial charge is 0.483 e. The molecule has 0 aliphatic heterocycles. The molecule has 1 amide bonds. The van der Waals surface area contributed by atoms with Gasteiger partial charge in [-0.15, -0.1) is 0 Å². The van der Waals surface area contributed by atoms with Crippen LogP contribution in [0.15, 0.2) is 24.3 Å². The van der Waals surface area contributed by atoms with Gasteiger partial charge in [0.2, 0.25) is 0 Å². The zero-order valence-electron chi connectivity index (χ0n) is 12.2. The molecule has 3 N–H and O–H groups in total. The number of carbonyl (C=O) groups is 1. The molecule has 0 radical (unpaired) electrons. The van der Waals surface area contributed by atoms with Crippen molar-refractivity contribution >= 4 is 5.91 Å². The van der Waals surface area contributed by atoms with Crippen molar-refractivity contribution in [3.63, 3.8) is 0 Å². The van der Waals surface area contributed by atoms with Crippen LogP contribution in [-0.4, -0.2) is 24.1 Å². The monoisotopic (exact) mass is 264 g/mol. The van der Waals surface area contributed by atoms with E-state index >= 15 is 0 Å². The number of nitrogens with one attached hydrogen (secondary N) is 1. The van der Waals surface area contributed by atoms with Crippen LogP contribution in [-0.2, 0) is 11.2 Å². The Balaban J connectivity index is 2.60. The molecule has 0 saturated carbocycles. The number of para-hydroxylation sites is 1. The Labute approximate surface area is 115 Å². The lowest BCUT2D eigenvalue weighted by Crippen LogP contribution is -2.43. The number of nitrogens with two attached hydrogens (primary N) is 1. The molecule has 19 heavy (non-hydrogen) atoms. The standard InChI is InChI=1S/C15H24N2O2/c1-11(16)9-12-7-5-6-8-13(12)19-10-14(18)17-15(2,3)4/h5-8,11H,9-10,16H2,1-4H3,(H,17,18). The Bertz CT molecular complexity index is 422. The van der Waals surface area contributed by atoms with Gasteiger partial charge in [0.15, 0.2) is 6.61 Å². The van der Waals surface area contributed by atoms with Gasteiger partial charge in [-0.1, -0.05) is 18.2 Å². The molecule has 0 fully saturated rings. The van der Waals surface area contributed by atoms with E-state index in [0.717, 1.165) is 17.7 Å². The average molecular weight is 264 g/mol. The maximum Gasteiger partial charge on any atom is 0.258 e. The van der Waals surface area contributed by atoms with E-state index in [1.54, 1.807) is 0 Å². The molecule has 1 atom stereocenters. The first-order chi connectivity index (χ1) is 8.78. The fraction of sp³-hybridized carbons (Fsp3) is 0.533. The molecule has 0 aliphatic carbocycles. The Morgan fingerprint density at radius 3 is 2.58 bits per heavy atom. The molecule has 0 aromatic heterocycles. The molecular weight excluding hydrogens is 240 g/mol. The van der Waals surface area contributed by atoms with Crippen LogP contribution in [0.5, 0.6) is 5.75 Å². The normalized spacial score (nSPS) is 12.9. The molecule has 0 spiro atoms. The second-order valence-corrected chi connectivity index (χ2v) is 5.88.